The van der Waals surface area contributed by atoms with Crippen LogP contribution in [0.25, 0.3) is 10.9 Å². The summed E-state index contributed by atoms with van der Waals surface area (Å²) in [5.41, 5.74) is 2.05. The zero-order chi connectivity index (χ0) is 15.5. The molecule has 3 rings (SSSR count). The molecule has 0 unspecified atom stereocenters. The van der Waals surface area contributed by atoms with Crippen LogP contribution in [0.2, 0.25) is 0 Å². The van der Waals surface area contributed by atoms with E-state index in [1.807, 2.05) is 30.3 Å². The van der Waals surface area contributed by atoms with Gasteiger partial charge < -0.3 is 10.2 Å². The van der Waals surface area contributed by atoms with Gasteiger partial charge in [0, 0.05) is 29.4 Å². The minimum Gasteiger partial charge on any atom is -0.507 e. The molecule has 3 aromatic rings. The Morgan fingerprint density at radius 2 is 1.95 bits per heavy atom. The summed E-state index contributed by atoms with van der Waals surface area (Å²) >= 11 is 0. The average Bonchev–Trinajstić information content (AvgIpc) is 2.52. The van der Waals surface area contributed by atoms with E-state index < -0.39 is 5.97 Å². The van der Waals surface area contributed by atoms with Crippen LogP contribution in [0.3, 0.4) is 0 Å². The van der Waals surface area contributed by atoms with E-state index in [0.717, 1.165) is 16.5 Å². The predicted octanol–water partition coefficient (Wildman–Crippen LogP) is 3.39. The van der Waals surface area contributed by atoms with Crippen molar-refractivity contribution in [2.24, 2.45) is 4.99 Å². The molecule has 2 N–H and O–H groups in total. The fraction of sp³-hybridized carbons (Fsp3) is 0. The highest BCUT2D eigenvalue weighted by atomic mass is 16.4. The van der Waals surface area contributed by atoms with Gasteiger partial charge in [-0.25, -0.2) is 4.79 Å². The molecule has 0 saturated heterocycles. The second-order valence-corrected chi connectivity index (χ2v) is 4.73. The Hall–Kier alpha value is -3.21. The van der Waals surface area contributed by atoms with Crippen LogP contribution < -0.4 is 0 Å². The Morgan fingerprint density at radius 3 is 2.73 bits per heavy atom. The number of nitrogens with zero attached hydrogens (tertiary/aromatic N) is 2. The number of rotatable bonds is 3. The highest BCUT2D eigenvalue weighted by Crippen LogP contribution is 2.24. The Morgan fingerprint density at radius 1 is 1.14 bits per heavy atom. The number of aliphatic imine (C=N–C) groups is 1. The first-order valence-electron chi connectivity index (χ1n) is 6.59. The number of phenols is 1. The summed E-state index contributed by atoms with van der Waals surface area (Å²) in [5.74, 6) is -1.48. The first-order valence-corrected chi connectivity index (χ1v) is 6.59. The summed E-state index contributed by atoms with van der Waals surface area (Å²) in [6.07, 6.45) is 3.33. The molecule has 5 nitrogen and oxygen atoms in total. The minimum atomic E-state index is -1.17. The van der Waals surface area contributed by atoms with E-state index in [-0.39, 0.29) is 11.3 Å². The van der Waals surface area contributed by atoms with Crippen molar-refractivity contribution in [2.45, 2.75) is 0 Å². The Labute approximate surface area is 126 Å². The summed E-state index contributed by atoms with van der Waals surface area (Å²) < 4.78 is 0. The van der Waals surface area contributed by atoms with Crippen molar-refractivity contribution >= 4 is 28.8 Å². The van der Waals surface area contributed by atoms with Gasteiger partial charge in [-0.05, 0) is 24.3 Å². The summed E-state index contributed by atoms with van der Waals surface area (Å²) in [6.45, 7) is 0. The summed E-state index contributed by atoms with van der Waals surface area (Å²) in [6, 6.07) is 13.9. The number of para-hydroxylation sites is 1. The molecule has 2 aromatic carbocycles. The highest BCUT2D eigenvalue weighted by Gasteiger charge is 2.08. The van der Waals surface area contributed by atoms with Crippen LogP contribution in [0.15, 0.2) is 59.7 Å². The van der Waals surface area contributed by atoms with Crippen molar-refractivity contribution < 1.29 is 15.0 Å². The van der Waals surface area contributed by atoms with E-state index in [1.165, 1.54) is 18.2 Å². The highest BCUT2D eigenvalue weighted by molar-refractivity contribution is 5.92. The molecule has 0 saturated carbocycles. The second-order valence-electron chi connectivity index (χ2n) is 4.73. The van der Waals surface area contributed by atoms with Crippen LogP contribution in [-0.2, 0) is 0 Å². The number of carbonyl (C=O) groups is 1. The fourth-order valence-corrected chi connectivity index (χ4v) is 2.09. The van der Waals surface area contributed by atoms with Crippen LogP contribution in [0.4, 0.5) is 5.69 Å². The SMILES string of the molecule is O=C(O)c1ccc(N=Cc2cnc3ccccc3c2)cc1O. The third kappa shape index (κ3) is 2.78. The average molecular weight is 292 g/mol. The van der Waals surface area contributed by atoms with Gasteiger partial charge in [-0.1, -0.05) is 18.2 Å². The quantitative estimate of drug-likeness (QED) is 0.725. The number of aromatic carboxylic acids is 1. The van der Waals surface area contributed by atoms with Crippen molar-refractivity contribution in [3.63, 3.8) is 0 Å². The lowest BCUT2D eigenvalue weighted by Gasteiger charge is -2.01. The van der Waals surface area contributed by atoms with Crippen LogP contribution in [-0.4, -0.2) is 27.4 Å². The van der Waals surface area contributed by atoms with E-state index in [0.29, 0.717) is 5.69 Å². The number of hydrogen-bond donors (Lipinski definition) is 2. The van der Waals surface area contributed by atoms with Gasteiger partial charge in [-0.3, -0.25) is 9.98 Å². The largest absolute Gasteiger partial charge is 0.507 e. The lowest BCUT2D eigenvalue weighted by Crippen LogP contribution is -1.95. The molecular formula is C17H12N2O3. The molecule has 1 aromatic heterocycles. The lowest BCUT2D eigenvalue weighted by atomic mass is 10.1. The first-order chi connectivity index (χ1) is 10.6. The monoisotopic (exact) mass is 292 g/mol. The third-order valence-electron chi connectivity index (χ3n) is 3.19. The second kappa shape index (κ2) is 5.65. The van der Waals surface area contributed by atoms with E-state index >= 15 is 0 Å². The molecule has 0 amide bonds. The van der Waals surface area contributed by atoms with Gasteiger partial charge in [-0.15, -0.1) is 0 Å². The van der Waals surface area contributed by atoms with Crippen molar-refractivity contribution in [3.05, 3.63) is 65.9 Å². The van der Waals surface area contributed by atoms with E-state index in [1.54, 1.807) is 12.4 Å². The lowest BCUT2D eigenvalue weighted by molar-refractivity contribution is 0.0694. The maximum atomic E-state index is 10.8. The molecular weight excluding hydrogens is 280 g/mol. The normalized spacial score (nSPS) is 11.1. The minimum absolute atomic E-state index is 0.147. The van der Waals surface area contributed by atoms with E-state index in [9.17, 15) is 9.90 Å². The number of hydrogen-bond acceptors (Lipinski definition) is 4. The number of fused-ring (bicyclic) bond motifs is 1. The molecule has 108 valence electrons. The van der Waals surface area contributed by atoms with Gasteiger partial charge in [0.2, 0.25) is 0 Å². The number of carboxylic acids is 1. The van der Waals surface area contributed by atoms with E-state index in [4.69, 9.17) is 5.11 Å². The van der Waals surface area contributed by atoms with Crippen LogP contribution in [0.5, 0.6) is 5.75 Å². The fourth-order valence-electron chi connectivity index (χ4n) is 2.09. The number of carboxylic acid groups (broad SMARTS) is 1. The van der Waals surface area contributed by atoms with Gasteiger partial charge in [0.25, 0.3) is 0 Å². The molecule has 0 fully saturated rings. The van der Waals surface area contributed by atoms with Gasteiger partial charge in [0.15, 0.2) is 0 Å². The molecule has 5 heteroatoms. The molecule has 0 atom stereocenters. The molecule has 0 spiro atoms. The maximum absolute atomic E-state index is 10.8. The number of aromatic hydroxyl groups is 1. The zero-order valence-corrected chi connectivity index (χ0v) is 11.5. The van der Waals surface area contributed by atoms with Gasteiger partial charge in [0.1, 0.15) is 11.3 Å². The van der Waals surface area contributed by atoms with Crippen LogP contribution in [0.1, 0.15) is 15.9 Å². The Bertz CT molecular complexity index is 888. The van der Waals surface area contributed by atoms with Gasteiger partial charge in [-0.2, -0.15) is 0 Å². The third-order valence-corrected chi connectivity index (χ3v) is 3.19. The molecule has 0 aliphatic carbocycles. The predicted molar refractivity (Wildman–Crippen MR) is 84.1 cm³/mol. The molecule has 0 aliphatic rings. The van der Waals surface area contributed by atoms with Crippen LogP contribution in [0, 0.1) is 0 Å². The van der Waals surface area contributed by atoms with Gasteiger partial charge >= 0.3 is 5.97 Å². The topological polar surface area (TPSA) is 82.8 Å². The summed E-state index contributed by atoms with van der Waals surface area (Å²) in [4.78, 5) is 19.4. The summed E-state index contributed by atoms with van der Waals surface area (Å²) in [7, 11) is 0. The molecule has 1 heterocycles. The molecule has 0 bridgehead atoms. The smallest absolute Gasteiger partial charge is 0.339 e. The molecule has 0 aliphatic heterocycles. The Balaban J connectivity index is 1.89. The summed E-state index contributed by atoms with van der Waals surface area (Å²) in [5, 5.41) is 19.5. The van der Waals surface area contributed by atoms with Crippen molar-refractivity contribution in [2.75, 3.05) is 0 Å². The van der Waals surface area contributed by atoms with Crippen molar-refractivity contribution in [1.29, 1.82) is 0 Å². The van der Waals surface area contributed by atoms with Crippen LogP contribution >= 0.6 is 0 Å². The number of benzene rings is 2. The number of aromatic nitrogens is 1. The number of pyridine rings is 1. The van der Waals surface area contributed by atoms with Crippen molar-refractivity contribution in [3.8, 4) is 5.75 Å². The Kier molecular flexibility index (Phi) is 3.53. The molecule has 22 heavy (non-hydrogen) atoms. The first kappa shape index (κ1) is 13.8. The van der Waals surface area contributed by atoms with Crippen molar-refractivity contribution in [1.82, 2.24) is 4.98 Å². The van der Waals surface area contributed by atoms with Gasteiger partial charge in [0.05, 0.1) is 11.2 Å². The molecule has 0 radical (unpaired) electrons. The zero-order valence-electron chi connectivity index (χ0n) is 11.5. The standard InChI is InChI=1S/C17H12N2O3/c20-16-8-13(5-6-14(16)17(21)22)18-9-11-7-12-3-1-2-4-15(12)19-10-11/h1-10,20H,(H,21,22). The maximum Gasteiger partial charge on any atom is 0.339 e. The van der Waals surface area contributed by atoms with E-state index in [2.05, 4.69) is 9.98 Å².